The predicted octanol–water partition coefficient (Wildman–Crippen LogP) is 4.12. The van der Waals surface area contributed by atoms with Crippen LogP contribution < -0.4 is 10.6 Å². The molecule has 0 aliphatic heterocycles. The second-order valence-electron chi connectivity index (χ2n) is 5.44. The maximum Gasteiger partial charge on any atom is 0.123 e. The fraction of sp³-hybridized carbons (Fsp3) is 0.375. The van der Waals surface area contributed by atoms with Gasteiger partial charge in [-0.3, -0.25) is 0 Å². The smallest absolute Gasteiger partial charge is 0.123 e. The lowest BCUT2D eigenvalue weighted by Gasteiger charge is -2.25. The van der Waals surface area contributed by atoms with Crippen molar-refractivity contribution in [2.75, 3.05) is 4.90 Å². The maximum absolute atomic E-state index is 6.45. The van der Waals surface area contributed by atoms with Crippen molar-refractivity contribution in [1.82, 2.24) is 0 Å². The minimum absolute atomic E-state index is 0.000925. The monoisotopic (exact) mass is 290 g/mol. The van der Waals surface area contributed by atoms with Crippen LogP contribution in [0.1, 0.15) is 37.1 Å². The molecule has 1 aromatic carbocycles. The molecule has 1 heterocycles. The standard InChI is InChI=1S/C16H19ClN2O/c1-11(18)12-4-7-16(15(17)9-12)19(13-5-6-13)10-14-3-2-8-20-14/h2-4,7-9,11,13H,5-6,10,18H2,1H3/t11-/m1/s1. The predicted molar refractivity (Wildman–Crippen MR) is 82.0 cm³/mol. The Bertz CT molecular complexity index is 576. The summed E-state index contributed by atoms with van der Waals surface area (Å²) >= 11 is 6.45. The third kappa shape index (κ3) is 2.84. The molecule has 0 unspecified atom stereocenters. The molecule has 0 spiro atoms. The first-order valence-electron chi connectivity index (χ1n) is 6.99. The zero-order chi connectivity index (χ0) is 14.1. The maximum atomic E-state index is 6.45. The molecule has 1 aromatic heterocycles. The van der Waals surface area contributed by atoms with Crippen molar-refractivity contribution in [3.8, 4) is 0 Å². The number of benzene rings is 1. The number of nitrogens with two attached hydrogens (primary N) is 1. The highest BCUT2D eigenvalue weighted by atomic mass is 35.5. The fourth-order valence-corrected chi connectivity index (χ4v) is 2.70. The molecule has 106 valence electrons. The lowest BCUT2D eigenvalue weighted by atomic mass is 10.1. The van der Waals surface area contributed by atoms with Gasteiger partial charge < -0.3 is 15.1 Å². The molecule has 0 bridgehead atoms. The van der Waals surface area contributed by atoms with E-state index in [4.69, 9.17) is 21.8 Å². The molecule has 2 N–H and O–H groups in total. The van der Waals surface area contributed by atoms with Crippen molar-refractivity contribution in [3.63, 3.8) is 0 Å². The van der Waals surface area contributed by atoms with Gasteiger partial charge in [0.1, 0.15) is 5.76 Å². The van der Waals surface area contributed by atoms with Gasteiger partial charge in [0, 0.05) is 12.1 Å². The molecule has 3 nitrogen and oxygen atoms in total. The fourth-order valence-electron chi connectivity index (χ4n) is 2.41. The second kappa shape index (κ2) is 5.51. The molecule has 1 saturated carbocycles. The van der Waals surface area contributed by atoms with E-state index in [0.717, 1.165) is 28.6 Å². The Morgan fingerprint density at radius 2 is 2.20 bits per heavy atom. The van der Waals surface area contributed by atoms with Crippen LogP contribution in [-0.4, -0.2) is 6.04 Å². The first kappa shape index (κ1) is 13.5. The molecule has 1 atom stereocenters. The molecule has 2 aromatic rings. The van der Waals surface area contributed by atoms with Crippen molar-refractivity contribution < 1.29 is 4.42 Å². The Labute approximate surface area is 124 Å². The van der Waals surface area contributed by atoms with E-state index in [1.54, 1.807) is 6.26 Å². The SMILES string of the molecule is C[C@@H](N)c1ccc(N(Cc2ccco2)C2CC2)c(Cl)c1. The van der Waals surface area contributed by atoms with Crippen LogP contribution in [0, 0.1) is 0 Å². The van der Waals surface area contributed by atoms with Crippen LogP contribution in [0.2, 0.25) is 5.02 Å². The zero-order valence-electron chi connectivity index (χ0n) is 11.6. The third-order valence-electron chi connectivity index (χ3n) is 3.70. The van der Waals surface area contributed by atoms with Crippen molar-refractivity contribution in [2.24, 2.45) is 5.73 Å². The van der Waals surface area contributed by atoms with E-state index in [9.17, 15) is 0 Å². The summed E-state index contributed by atoms with van der Waals surface area (Å²) in [6, 6.07) is 10.6. The molecular formula is C16H19ClN2O. The van der Waals surface area contributed by atoms with Crippen molar-refractivity contribution in [3.05, 3.63) is 52.9 Å². The molecule has 0 amide bonds. The largest absolute Gasteiger partial charge is 0.467 e. The molecule has 1 fully saturated rings. The lowest BCUT2D eigenvalue weighted by molar-refractivity contribution is 0.501. The number of halogens is 1. The van der Waals surface area contributed by atoms with Crippen LogP contribution in [0.5, 0.6) is 0 Å². The molecule has 0 radical (unpaired) electrons. The van der Waals surface area contributed by atoms with E-state index in [1.165, 1.54) is 12.8 Å². The number of anilines is 1. The van der Waals surface area contributed by atoms with Gasteiger partial charge in [-0.2, -0.15) is 0 Å². The number of hydrogen-bond donors (Lipinski definition) is 1. The van der Waals surface area contributed by atoms with Gasteiger partial charge in [0.05, 0.1) is 23.5 Å². The van der Waals surface area contributed by atoms with Gasteiger partial charge in [-0.25, -0.2) is 0 Å². The summed E-state index contributed by atoms with van der Waals surface area (Å²) in [5.74, 6) is 0.962. The summed E-state index contributed by atoms with van der Waals surface area (Å²) in [4.78, 5) is 2.33. The van der Waals surface area contributed by atoms with Gasteiger partial charge in [0.25, 0.3) is 0 Å². The number of furan rings is 1. The minimum Gasteiger partial charge on any atom is -0.467 e. The van der Waals surface area contributed by atoms with Gasteiger partial charge in [0.2, 0.25) is 0 Å². The van der Waals surface area contributed by atoms with Gasteiger partial charge >= 0.3 is 0 Å². The van der Waals surface area contributed by atoms with Gasteiger partial charge in [-0.1, -0.05) is 17.7 Å². The van der Waals surface area contributed by atoms with Crippen molar-refractivity contribution in [2.45, 2.75) is 38.4 Å². The van der Waals surface area contributed by atoms with Crippen molar-refractivity contribution in [1.29, 1.82) is 0 Å². The average molecular weight is 291 g/mol. The molecule has 3 rings (SSSR count). The Morgan fingerprint density at radius 3 is 2.75 bits per heavy atom. The molecule has 0 saturated heterocycles. The highest BCUT2D eigenvalue weighted by Gasteiger charge is 2.31. The summed E-state index contributed by atoms with van der Waals surface area (Å²) in [5, 5.41) is 0.762. The first-order chi connectivity index (χ1) is 9.65. The Balaban J connectivity index is 1.87. The van der Waals surface area contributed by atoms with E-state index in [-0.39, 0.29) is 6.04 Å². The highest BCUT2D eigenvalue weighted by Crippen LogP contribution is 2.37. The molecule has 4 heteroatoms. The summed E-state index contributed by atoms with van der Waals surface area (Å²) in [7, 11) is 0. The second-order valence-corrected chi connectivity index (χ2v) is 5.85. The average Bonchev–Trinajstić information content (AvgIpc) is 3.14. The van der Waals surface area contributed by atoms with E-state index >= 15 is 0 Å². The number of rotatable bonds is 5. The van der Waals surface area contributed by atoms with E-state index in [0.29, 0.717) is 6.04 Å². The van der Waals surface area contributed by atoms with Crippen LogP contribution in [0.25, 0.3) is 0 Å². The lowest BCUT2D eigenvalue weighted by Crippen LogP contribution is -2.25. The summed E-state index contributed by atoms with van der Waals surface area (Å²) in [6.07, 6.45) is 4.14. The van der Waals surface area contributed by atoms with Gasteiger partial charge in [0.15, 0.2) is 0 Å². The zero-order valence-corrected chi connectivity index (χ0v) is 12.3. The quantitative estimate of drug-likeness (QED) is 0.900. The van der Waals surface area contributed by atoms with E-state index < -0.39 is 0 Å². The molecule has 1 aliphatic carbocycles. The normalized spacial score (nSPS) is 16.1. The van der Waals surface area contributed by atoms with E-state index in [1.807, 2.05) is 25.1 Å². The Morgan fingerprint density at radius 1 is 1.40 bits per heavy atom. The topological polar surface area (TPSA) is 42.4 Å². The molecule has 1 aliphatic rings. The first-order valence-corrected chi connectivity index (χ1v) is 7.37. The van der Waals surface area contributed by atoms with Gasteiger partial charge in [-0.15, -0.1) is 0 Å². The van der Waals surface area contributed by atoms with Crippen LogP contribution in [0.3, 0.4) is 0 Å². The molecular weight excluding hydrogens is 272 g/mol. The van der Waals surface area contributed by atoms with Gasteiger partial charge in [-0.05, 0) is 49.6 Å². The summed E-state index contributed by atoms with van der Waals surface area (Å²) in [5.41, 5.74) is 8.03. The highest BCUT2D eigenvalue weighted by molar-refractivity contribution is 6.33. The summed E-state index contributed by atoms with van der Waals surface area (Å²) in [6.45, 7) is 2.72. The van der Waals surface area contributed by atoms with E-state index in [2.05, 4.69) is 17.0 Å². The molecule has 20 heavy (non-hydrogen) atoms. The summed E-state index contributed by atoms with van der Waals surface area (Å²) < 4.78 is 5.46. The number of hydrogen-bond acceptors (Lipinski definition) is 3. The van der Waals surface area contributed by atoms with Crippen LogP contribution in [0.15, 0.2) is 41.0 Å². The Kier molecular flexibility index (Phi) is 3.72. The number of nitrogens with zero attached hydrogens (tertiary/aromatic N) is 1. The van der Waals surface area contributed by atoms with Crippen LogP contribution in [-0.2, 0) is 6.54 Å². The van der Waals surface area contributed by atoms with Crippen LogP contribution in [0.4, 0.5) is 5.69 Å². The van der Waals surface area contributed by atoms with Crippen LogP contribution >= 0.6 is 11.6 Å². The third-order valence-corrected chi connectivity index (χ3v) is 4.00. The Hall–Kier alpha value is -1.45. The minimum atomic E-state index is 0.000925. The van der Waals surface area contributed by atoms with Crippen molar-refractivity contribution >= 4 is 17.3 Å².